The van der Waals surface area contributed by atoms with Gasteiger partial charge in [-0.15, -0.1) is 0 Å². The number of hydrogen-bond acceptors (Lipinski definition) is 6. The first kappa shape index (κ1) is 21.0. The number of amides is 2. The molecule has 0 saturated carbocycles. The number of benzene rings is 4. The highest BCUT2D eigenvalue weighted by Gasteiger charge is 2.60. The Hall–Kier alpha value is -4.56. The molecule has 8 heteroatoms. The lowest BCUT2D eigenvalue weighted by atomic mass is 9.90. The predicted molar refractivity (Wildman–Crippen MR) is 130 cm³/mol. The van der Waals surface area contributed by atoms with Crippen LogP contribution in [0.4, 0.5) is 17.1 Å². The number of imide groups is 1. The number of hydrogen-bond donors (Lipinski definition) is 0. The molecule has 6 rings (SSSR count). The van der Waals surface area contributed by atoms with E-state index in [4.69, 9.17) is 4.84 Å². The van der Waals surface area contributed by atoms with Crippen LogP contribution in [0.15, 0.2) is 97.1 Å². The molecule has 3 atom stereocenters. The van der Waals surface area contributed by atoms with Crippen molar-refractivity contribution in [1.29, 1.82) is 0 Å². The van der Waals surface area contributed by atoms with Gasteiger partial charge in [-0.1, -0.05) is 72.8 Å². The van der Waals surface area contributed by atoms with Crippen LogP contribution in [0.3, 0.4) is 0 Å². The van der Waals surface area contributed by atoms with Crippen LogP contribution in [0, 0.1) is 16.0 Å². The lowest BCUT2D eigenvalue weighted by molar-refractivity contribution is -0.384. The summed E-state index contributed by atoms with van der Waals surface area (Å²) >= 11 is 0. The summed E-state index contributed by atoms with van der Waals surface area (Å²) in [5.41, 5.74) is 1.59. The number of carbonyl (C=O) groups is 2. The topological polar surface area (TPSA) is 93.0 Å². The van der Waals surface area contributed by atoms with Gasteiger partial charge in [0.15, 0.2) is 6.10 Å². The zero-order valence-corrected chi connectivity index (χ0v) is 18.4. The normalized spacial score (nSPS) is 21.5. The fourth-order valence-electron chi connectivity index (χ4n) is 5.01. The molecule has 0 aromatic heterocycles. The van der Waals surface area contributed by atoms with Gasteiger partial charge in [-0.25, -0.2) is 9.96 Å². The predicted octanol–water partition coefficient (Wildman–Crippen LogP) is 4.80. The molecule has 2 aliphatic heterocycles. The average molecular weight is 465 g/mol. The number of carbonyl (C=O) groups excluding carboxylic acids is 2. The van der Waals surface area contributed by atoms with Crippen LogP contribution in [0.1, 0.15) is 11.6 Å². The van der Waals surface area contributed by atoms with Crippen LogP contribution >= 0.6 is 0 Å². The zero-order chi connectivity index (χ0) is 24.1. The molecule has 2 heterocycles. The van der Waals surface area contributed by atoms with Gasteiger partial charge in [0.1, 0.15) is 5.92 Å². The Balaban J connectivity index is 1.46. The van der Waals surface area contributed by atoms with Gasteiger partial charge in [-0.3, -0.25) is 24.5 Å². The fourth-order valence-corrected chi connectivity index (χ4v) is 5.01. The first-order valence-electron chi connectivity index (χ1n) is 11.2. The molecule has 2 saturated heterocycles. The maximum absolute atomic E-state index is 13.9. The second-order valence-corrected chi connectivity index (χ2v) is 8.52. The number of rotatable bonds is 4. The van der Waals surface area contributed by atoms with E-state index in [1.54, 1.807) is 18.2 Å². The molecule has 8 nitrogen and oxygen atoms in total. The van der Waals surface area contributed by atoms with E-state index in [0.717, 1.165) is 16.3 Å². The Morgan fingerprint density at radius 3 is 2.31 bits per heavy atom. The molecule has 0 N–H and O–H groups in total. The number of nitro benzene ring substituents is 1. The minimum absolute atomic E-state index is 0.106. The van der Waals surface area contributed by atoms with Crippen molar-refractivity contribution in [1.82, 2.24) is 0 Å². The molecular formula is C27H19N3O5. The zero-order valence-electron chi connectivity index (χ0n) is 18.4. The summed E-state index contributed by atoms with van der Waals surface area (Å²) < 4.78 is 0. The van der Waals surface area contributed by atoms with Crippen LogP contribution in [-0.4, -0.2) is 22.8 Å². The van der Waals surface area contributed by atoms with E-state index in [1.807, 2.05) is 66.7 Å². The lowest BCUT2D eigenvalue weighted by Crippen LogP contribution is -2.37. The van der Waals surface area contributed by atoms with E-state index in [9.17, 15) is 19.7 Å². The first-order chi connectivity index (χ1) is 17.0. The second kappa shape index (κ2) is 8.03. The van der Waals surface area contributed by atoms with Crippen molar-refractivity contribution in [3.05, 3.63) is 113 Å². The van der Waals surface area contributed by atoms with E-state index in [1.165, 1.54) is 22.1 Å². The lowest BCUT2D eigenvalue weighted by Gasteiger charge is -2.28. The van der Waals surface area contributed by atoms with E-state index < -0.39 is 28.9 Å². The summed E-state index contributed by atoms with van der Waals surface area (Å²) in [4.78, 5) is 45.7. The Kier molecular flexibility index (Phi) is 4.82. The van der Waals surface area contributed by atoms with Gasteiger partial charge < -0.3 is 0 Å². The van der Waals surface area contributed by atoms with Crippen molar-refractivity contribution in [2.24, 2.45) is 5.92 Å². The number of nitrogens with zero attached hydrogens (tertiary/aromatic N) is 3. The van der Waals surface area contributed by atoms with Crippen molar-refractivity contribution in [2.45, 2.75) is 12.1 Å². The van der Waals surface area contributed by atoms with Crippen LogP contribution in [0.25, 0.3) is 10.8 Å². The Bertz CT molecular complexity index is 1480. The summed E-state index contributed by atoms with van der Waals surface area (Å²) in [6.07, 6.45) is -1.05. The standard InChI is InChI=1S/C27H19N3O5/c31-26-23-24(18-9-2-1-3-10-18)29(19-12-7-13-20(16-19)30(33)34)35-25(23)27(32)28(26)22-15-6-11-17-8-4-5-14-21(17)22/h1-16,23-25H. The number of anilines is 2. The van der Waals surface area contributed by atoms with E-state index >= 15 is 0 Å². The molecule has 2 aliphatic rings. The van der Waals surface area contributed by atoms with Crippen LogP contribution < -0.4 is 9.96 Å². The van der Waals surface area contributed by atoms with E-state index in [2.05, 4.69) is 0 Å². The van der Waals surface area contributed by atoms with Gasteiger partial charge >= 0.3 is 0 Å². The largest absolute Gasteiger partial charge is 0.273 e. The molecular weight excluding hydrogens is 446 g/mol. The number of hydroxylamine groups is 1. The van der Waals surface area contributed by atoms with Gasteiger partial charge in [0.25, 0.3) is 11.6 Å². The fraction of sp³-hybridized carbons (Fsp3) is 0.111. The van der Waals surface area contributed by atoms with Crippen molar-refractivity contribution >= 4 is 39.6 Å². The van der Waals surface area contributed by atoms with Gasteiger partial charge in [-0.05, 0) is 23.1 Å². The van der Waals surface area contributed by atoms with Gasteiger partial charge in [0.2, 0.25) is 5.91 Å². The van der Waals surface area contributed by atoms with Crippen LogP contribution in [0.5, 0.6) is 0 Å². The number of non-ortho nitro benzene ring substituents is 1. The van der Waals surface area contributed by atoms with Crippen molar-refractivity contribution < 1.29 is 19.3 Å². The second-order valence-electron chi connectivity index (χ2n) is 8.52. The summed E-state index contributed by atoms with van der Waals surface area (Å²) in [7, 11) is 0. The first-order valence-corrected chi connectivity index (χ1v) is 11.2. The molecule has 4 aromatic carbocycles. The number of fused-ring (bicyclic) bond motifs is 2. The highest BCUT2D eigenvalue weighted by Crippen LogP contribution is 2.48. The van der Waals surface area contributed by atoms with Crippen molar-refractivity contribution in [2.75, 3.05) is 9.96 Å². The molecule has 4 aromatic rings. The van der Waals surface area contributed by atoms with Crippen molar-refractivity contribution in [3.63, 3.8) is 0 Å². The molecule has 0 aliphatic carbocycles. The molecule has 0 bridgehead atoms. The molecule has 3 unspecified atom stereocenters. The SMILES string of the molecule is O=C1C2ON(c3cccc([N+](=O)[O-])c3)C(c3ccccc3)C2C(=O)N1c1cccc2ccccc12. The maximum atomic E-state index is 13.9. The maximum Gasteiger partial charge on any atom is 0.271 e. The summed E-state index contributed by atoms with van der Waals surface area (Å²) in [6.45, 7) is 0. The molecule has 35 heavy (non-hydrogen) atoms. The average Bonchev–Trinajstić information content (AvgIpc) is 3.40. The minimum atomic E-state index is -1.05. The molecule has 0 spiro atoms. The van der Waals surface area contributed by atoms with Crippen molar-refractivity contribution in [3.8, 4) is 0 Å². The van der Waals surface area contributed by atoms with Crippen LogP contribution in [-0.2, 0) is 14.4 Å². The van der Waals surface area contributed by atoms with Gasteiger partial charge in [-0.2, -0.15) is 0 Å². The van der Waals surface area contributed by atoms with E-state index in [-0.39, 0.29) is 11.6 Å². The molecule has 2 fully saturated rings. The smallest absolute Gasteiger partial charge is 0.271 e. The monoisotopic (exact) mass is 465 g/mol. The Labute approximate surface area is 200 Å². The third-order valence-corrected chi connectivity index (χ3v) is 6.56. The van der Waals surface area contributed by atoms with Crippen LogP contribution in [0.2, 0.25) is 0 Å². The summed E-state index contributed by atoms with van der Waals surface area (Å²) in [5.74, 6) is -1.63. The molecule has 172 valence electrons. The highest BCUT2D eigenvalue weighted by molar-refractivity contribution is 6.26. The Morgan fingerprint density at radius 1 is 0.800 bits per heavy atom. The summed E-state index contributed by atoms with van der Waals surface area (Å²) in [5, 5.41) is 14.5. The highest BCUT2D eigenvalue weighted by atomic mass is 16.7. The van der Waals surface area contributed by atoms with E-state index in [0.29, 0.717) is 11.4 Å². The third kappa shape index (κ3) is 3.26. The molecule has 2 amide bonds. The number of nitro groups is 1. The quantitative estimate of drug-likeness (QED) is 0.244. The molecule has 0 radical (unpaired) electrons. The van der Waals surface area contributed by atoms with Gasteiger partial charge in [0.05, 0.1) is 22.3 Å². The Morgan fingerprint density at radius 2 is 1.51 bits per heavy atom. The third-order valence-electron chi connectivity index (χ3n) is 6.56. The van der Waals surface area contributed by atoms with Gasteiger partial charge in [0, 0.05) is 17.5 Å². The minimum Gasteiger partial charge on any atom is -0.273 e. The summed E-state index contributed by atoms with van der Waals surface area (Å²) in [6, 6.07) is 27.7.